The highest BCUT2D eigenvalue weighted by atomic mass is 32.1. The number of anilines is 1. The molecule has 2 heterocycles. The number of aromatic nitrogens is 2. The van der Waals surface area contributed by atoms with Gasteiger partial charge in [0.05, 0.1) is 24.5 Å². The quantitative estimate of drug-likeness (QED) is 0.852. The van der Waals surface area contributed by atoms with Gasteiger partial charge < -0.3 is 15.8 Å². The second-order valence-corrected chi connectivity index (χ2v) is 6.08. The number of thiophene rings is 1. The van der Waals surface area contributed by atoms with Gasteiger partial charge in [-0.1, -0.05) is 13.8 Å². The Morgan fingerprint density at radius 1 is 1.52 bits per heavy atom. The number of nitrogens with zero attached hydrogens (tertiary/aromatic N) is 2. The molecule has 2 aromatic rings. The SMILES string of the molecule is CCOCC(NC(=O)c1sc2nnccc2c1N)C(C)C. The average Bonchev–Trinajstić information content (AvgIpc) is 2.81. The van der Waals surface area contributed by atoms with E-state index in [0.717, 1.165) is 5.39 Å². The Morgan fingerprint density at radius 2 is 2.29 bits per heavy atom. The van der Waals surface area contributed by atoms with Crippen molar-refractivity contribution in [3.8, 4) is 0 Å². The monoisotopic (exact) mass is 308 g/mol. The number of carbonyl (C=O) groups is 1. The standard InChI is InChI=1S/C14H20N4O2S/c1-4-20-7-10(8(2)3)17-13(19)12-11(15)9-5-6-16-18-14(9)21-12/h5-6,8,10H,4,7,15H2,1-3H3,(H,17,19). The summed E-state index contributed by atoms with van der Waals surface area (Å²) in [6, 6.07) is 1.72. The lowest BCUT2D eigenvalue weighted by Crippen LogP contribution is -2.41. The molecule has 1 amide bonds. The first-order valence-corrected chi connectivity index (χ1v) is 7.74. The molecule has 0 saturated heterocycles. The molecule has 0 aliphatic rings. The number of fused-ring (bicyclic) bond motifs is 1. The van der Waals surface area contributed by atoms with E-state index in [4.69, 9.17) is 10.5 Å². The number of nitrogens with one attached hydrogen (secondary N) is 1. The number of ether oxygens (including phenoxy) is 1. The van der Waals surface area contributed by atoms with Crippen LogP contribution in [-0.4, -0.2) is 35.4 Å². The zero-order chi connectivity index (χ0) is 15.4. The fourth-order valence-electron chi connectivity index (χ4n) is 1.92. The molecule has 0 aromatic carbocycles. The van der Waals surface area contributed by atoms with Crippen LogP contribution in [-0.2, 0) is 4.74 Å². The minimum atomic E-state index is -0.186. The maximum Gasteiger partial charge on any atom is 0.263 e. The van der Waals surface area contributed by atoms with Crippen molar-refractivity contribution in [2.45, 2.75) is 26.8 Å². The van der Waals surface area contributed by atoms with Gasteiger partial charge in [-0.15, -0.1) is 16.4 Å². The highest BCUT2D eigenvalue weighted by Crippen LogP contribution is 2.31. The van der Waals surface area contributed by atoms with Crippen molar-refractivity contribution >= 4 is 33.1 Å². The molecule has 0 bridgehead atoms. The second-order valence-electron chi connectivity index (χ2n) is 5.08. The Kier molecular flexibility index (Phi) is 5.08. The summed E-state index contributed by atoms with van der Waals surface area (Å²) < 4.78 is 5.42. The Morgan fingerprint density at radius 3 is 2.90 bits per heavy atom. The zero-order valence-electron chi connectivity index (χ0n) is 12.4. The molecule has 0 spiro atoms. The molecule has 0 aliphatic carbocycles. The van der Waals surface area contributed by atoms with Crippen LogP contribution in [0.2, 0.25) is 0 Å². The average molecular weight is 308 g/mol. The summed E-state index contributed by atoms with van der Waals surface area (Å²) in [6.07, 6.45) is 1.57. The van der Waals surface area contributed by atoms with Crippen molar-refractivity contribution in [3.63, 3.8) is 0 Å². The van der Waals surface area contributed by atoms with Crippen molar-refractivity contribution in [2.75, 3.05) is 18.9 Å². The predicted octanol–water partition coefficient (Wildman–Crippen LogP) is 2.06. The molecule has 2 rings (SSSR count). The van der Waals surface area contributed by atoms with Crippen LogP contribution in [0.1, 0.15) is 30.4 Å². The van der Waals surface area contributed by atoms with E-state index in [-0.39, 0.29) is 17.9 Å². The van der Waals surface area contributed by atoms with E-state index in [2.05, 4.69) is 15.5 Å². The van der Waals surface area contributed by atoms with Gasteiger partial charge in [-0.2, -0.15) is 5.10 Å². The minimum Gasteiger partial charge on any atom is -0.397 e. The van der Waals surface area contributed by atoms with E-state index < -0.39 is 0 Å². The van der Waals surface area contributed by atoms with Crippen LogP contribution in [0.3, 0.4) is 0 Å². The summed E-state index contributed by atoms with van der Waals surface area (Å²) in [4.78, 5) is 13.6. The van der Waals surface area contributed by atoms with E-state index in [0.29, 0.717) is 28.6 Å². The molecule has 3 N–H and O–H groups in total. The summed E-state index contributed by atoms with van der Waals surface area (Å²) in [5.74, 6) is 0.0878. The Labute approximate surface area is 127 Å². The van der Waals surface area contributed by atoms with Crippen molar-refractivity contribution in [1.29, 1.82) is 0 Å². The van der Waals surface area contributed by atoms with E-state index in [9.17, 15) is 4.79 Å². The number of hydrogen-bond donors (Lipinski definition) is 2. The molecule has 0 saturated carbocycles. The van der Waals surface area contributed by atoms with Gasteiger partial charge >= 0.3 is 0 Å². The molecule has 7 heteroatoms. The summed E-state index contributed by atoms with van der Waals surface area (Å²) in [5, 5.41) is 11.6. The first-order chi connectivity index (χ1) is 10.0. The summed E-state index contributed by atoms with van der Waals surface area (Å²) in [5.41, 5.74) is 6.50. The topological polar surface area (TPSA) is 90.1 Å². The predicted molar refractivity (Wildman–Crippen MR) is 84.4 cm³/mol. The Hall–Kier alpha value is -1.73. The Balaban J connectivity index is 2.19. The zero-order valence-corrected chi connectivity index (χ0v) is 13.2. The van der Waals surface area contributed by atoms with Gasteiger partial charge in [0.15, 0.2) is 0 Å². The smallest absolute Gasteiger partial charge is 0.263 e. The van der Waals surface area contributed by atoms with Crippen molar-refractivity contribution in [1.82, 2.24) is 15.5 Å². The number of nitrogens with two attached hydrogens (primary N) is 1. The molecule has 1 unspecified atom stereocenters. The van der Waals surface area contributed by atoms with Crippen molar-refractivity contribution < 1.29 is 9.53 Å². The molecule has 21 heavy (non-hydrogen) atoms. The third kappa shape index (κ3) is 3.48. The molecule has 0 aliphatic heterocycles. The highest BCUT2D eigenvalue weighted by molar-refractivity contribution is 7.21. The lowest BCUT2D eigenvalue weighted by Gasteiger charge is -2.21. The lowest BCUT2D eigenvalue weighted by molar-refractivity contribution is 0.0810. The highest BCUT2D eigenvalue weighted by Gasteiger charge is 2.22. The van der Waals surface area contributed by atoms with Gasteiger partial charge in [-0.25, -0.2) is 0 Å². The molecular formula is C14H20N4O2S. The summed E-state index contributed by atoms with van der Waals surface area (Å²) >= 11 is 1.26. The van der Waals surface area contributed by atoms with Crippen LogP contribution in [0, 0.1) is 5.92 Å². The lowest BCUT2D eigenvalue weighted by atomic mass is 10.1. The third-order valence-corrected chi connectivity index (χ3v) is 4.35. The normalized spacial score (nSPS) is 12.8. The van der Waals surface area contributed by atoms with Crippen LogP contribution in [0.4, 0.5) is 5.69 Å². The number of amides is 1. The van der Waals surface area contributed by atoms with E-state index in [1.807, 2.05) is 20.8 Å². The van der Waals surface area contributed by atoms with Gasteiger partial charge in [0.25, 0.3) is 5.91 Å². The molecule has 114 valence electrons. The van der Waals surface area contributed by atoms with Crippen molar-refractivity contribution in [3.05, 3.63) is 17.1 Å². The number of rotatable bonds is 6. The number of hydrogen-bond acceptors (Lipinski definition) is 6. The van der Waals surface area contributed by atoms with E-state index in [1.54, 1.807) is 12.3 Å². The van der Waals surface area contributed by atoms with Gasteiger partial charge in [0.1, 0.15) is 9.71 Å². The van der Waals surface area contributed by atoms with E-state index >= 15 is 0 Å². The van der Waals surface area contributed by atoms with Crippen LogP contribution in [0.25, 0.3) is 10.2 Å². The third-order valence-electron chi connectivity index (χ3n) is 3.25. The van der Waals surface area contributed by atoms with Gasteiger partial charge in [0, 0.05) is 12.0 Å². The van der Waals surface area contributed by atoms with Crippen LogP contribution >= 0.6 is 11.3 Å². The Bertz CT molecular complexity index is 626. The van der Waals surface area contributed by atoms with Crippen LogP contribution < -0.4 is 11.1 Å². The molecule has 6 nitrogen and oxygen atoms in total. The number of nitrogen functional groups attached to an aromatic ring is 1. The number of carbonyl (C=O) groups excluding carboxylic acids is 1. The molecular weight excluding hydrogens is 288 g/mol. The first kappa shape index (κ1) is 15.7. The second kappa shape index (κ2) is 6.82. The maximum atomic E-state index is 12.4. The van der Waals surface area contributed by atoms with Gasteiger partial charge in [0.2, 0.25) is 0 Å². The summed E-state index contributed by atoms with van der Waals surface area (Å²) in [6.45, 7) is 7.14. The van der Waals surface area contributed by atoms with Gasteiger partial charge in [-0.3, -0.25) is 4.79 Å². The fraction of sp³-hybridized carbons (Fsp3) is 0.500. The van der Waals surface area contributed by atoms with Gasteiger partial charge in [-0.05, 0) is 18.9 Å². The first-order valence-electron chi connectivity index (χ1n) is 6.92. The molecule has 0 radical (unpaired) electrons. The van der Waals surface area contributed by atoms with Crippen LogP contribution in [0.15, 0.2) is 12.3 Å². The minimum absolute atomic E-state index is 0.0480. The largest absolute Gasteiger partial charge is 0.397 e. The maximum absolute atomic E-state index is 12.4. The molecule has 1 atom stereocenters. The van der Waals surface area contributed by atoms with Crippen LogP contribution in [0.5, 0.6) is 0 Å². The van der Waals surface area contributed by atoms with Crippen molar-refractivity contribution in [2.24, 2.45) is 5.92 Å². The summed E-state index contributed by atoms with van der Waals surface area (Å²) in [7, 11) is 0. The molecule has 2 aromatic heterocycles. The van der Waals surface area contributed by atoms with E-state index in [1.165, 1.54) is 11.3 Å². The molecule has 0 fully saturated rings. The fourth-order valence-corrected chi connectivity index (χ4v) is 2.86.